The van der Waals surface area contributed by atoms with Crippen LogP contribution in [0.3, 0.4) is 0 Å². The SMILES string of the molecule is COc1cc(/C=C(\C#N)C(=O)Nc2cccc(Cl)c2Cl)cc(Br)c1OCc1ccccc1C. The average Bonchev–Trinajstić information content (AvgIpc) is 2.80. The Bertz CT molecular complexity index is 1270. The van der Waals surface area contributed by atoms with Crippen LogP contribution < -0.4 is 14.8 Å². The number of hydrogen-bond donors (Lipinski definition) is 1. The zero-order valence-electron chi connectivity index (χ0n) is 17.8. The van der Waals surface area contributed by atoms with Crippen molar-refractivity contribution in [1.82, 2.24) is 0 Å². The van der Waals surface area contributed by atoms with Crippen LogP contribution in [0.4, 0.5) is 5.69 Å². The average molecular weight is 546 g/mol. The number of carbonyl (C=O) groups is 1. The number of ether oxygens (including phenoxy) is 2. The first-order valence-corrected chi connectivity index (χ1v) is 11.3. The Hall–Kier alpha value is -2.98. The van der Waals surface area contributed by atoms with Gasteiger partial charge in [0.05, 0.1) is 27.3 Å². The summed E-state index contributed by atoms with van der Waals surface area (Å²) in [5.41, 5.74) is 2.95. The molecule has 0 aromatic heterocycles. The molecule has 0 heterocycles. The number of hydrogen-bond acceptors (Lipinski definition) is 4. The first kappa shape index (κ1) is 24.7. The number of methoxy groups -OCH3 is 1. The third kappa shape index (κ3) is 6.08. The normalized spacial score (nSPS) is 11.0. The molecular formula is C25H19BrCl2N2O3. The van der Waals surface area contributed by atoms with E-state index in [2.05, 4.69) is 21.2 Å². The fourth-order valence-electron chi connectivity index (χ4n) is 2.99. The molecule has 8 heteroatoms. The van der Waals surface area contributed by atoms with E-state index in [9.17, 15) is 10.1 Å². The number of nitrogens with zero attached hydrogens (tertiary/aromatic N) is 1. The number of nitrogens with one attached hydrogen (secondary N) is 1. The molecule has 5 nitrogen and oxygen atoms in total. The summed E-state index contributed by atoms with van der Waals surface area (Å²) in [6.07, 6.45) is 1.45. The highest BCUT2D eigenvalue weighted by Crippen LogP contribution is 2.38. The molecule has 0 atom stereocenters. The van der Waals surface area contributed by atoms with Crippen LogP contribution in [-0.4, -0.2) is 13.0 Å². The largest absolute Gasteiger partial charge is 0.493 e. The van der Waals surface area contributed by atoms with Gasteiger partial charge in [0.2, 0.25) is 0 Å². The standard InChI is InChI=1S/C25H19BrCl2N2O3/c1-15-6-3-4-7-17(15)14-33-24-19(26)11-16(12-22(24)32-2)10-18(13-29)25(31)30-21-9-5-8-20(27)23(21)28/h3-12H,14H2,1-2H3,(H,30,31)/b18-10+. The molecule has 168 valence electrons. The zero-order chi connectivity index (χ0) is 24.0. The van der Waals surface area contributed by atoms with Gasteiger partial charge in [-0.2, -0.15) is 5.26 Å². The summed E-state index contributed by atoms with van der Waals surface area (Å²) in [7, 11) is 1.52. The summed E-state index contributed by atoms with van der Waals surface area (Å²) in [5.74, 6) is 0.364. The van der Waals surface area contributed by atoms with Gasteiger partial charge in [0.15, 0.2) is 11.5 Å². The van der Waals surface area contributed by atoms with E-state index in [0.29, 0.717) is 38.9 Å². The van der Waals surface area contributed by atoms with E-state index >= 15 is 0 Å². The van der Waals surface area contributed by atoms with Crippen molar-refractivity contribution in [3.63, 3.8) is 0 Å². The molecule has 3 aromatic carbocycles. The molecule has 0 radical (unpaired) electrons. The van der Waals surface area contributed by atoms with Crippen LogP contribution in [0.15, 0.2) is 64.6 Å². The van der Waals surface area contributed by atoms with Crippen LogP contribution in [0.2, 0.25) is 10.0 Å². The summed E-state index contributed by atoms with van der Waals surface area (Å²) >= 11 is 15.6. The van der Waals surface area contributed by atoms with Gasteiger partial charge in [-0.25, -0.2) is 0 Å². The van der Waals surface area contributed by atoms with Crippen molar-refractivity contribution in [2.75, 3.05) is 12.4 Å². The van der Waals surface area contributed by atoms with E-state index in [4.69, 9.17) is 32.7 Å². The van der Waals surface area contributed by atoms with Crippen LogP contribution in [0, 0.1) is 18.3 Å². The van der Waals surface area contributed by atoms with Crippen LogP contribution in [-0.2, 0) is 11.4 Å². The van der Waals surface area contributed by atoms with Crippen LogP contribution in [0.5, 0.6) is 11.5 Å². The van der Waals surface area contributed by atoms with E-state index in [-0.39, 0.29) is 10.6 Å². The third-order valence-corrected chi connectivity index (χ3v) is 6.17. The van der Waals surface area contributed by atoms with Crippen LogP contribution in [0.25, 0.3) is 6.08 Å². The molecule has 0 aliphatic carbocycles. The Labute approximate surface area is 210 Å². The molecule has 3 rings (SSSR count). The number of amides is 1. The van der Waals surface area contributed by atoms with Gasteiger partial charge in [0.25, 0.3) is 5.91 Å². The Morgan fingerprint density at radius 3 is 2.64 bits per heavy atom. The smallest absolute Gasteiger partial charge is 0.266 e. The predicted molar refractivity (Wildman–Crippen MR) is 135 cm³/mol. The van der Waals surface area contributed by atoms with Crippen LogP contribution in [0.1, 0.15) is 16.7 Å². The highest BCUT2D eigenvalue weighted by molar-refractivity contribution is 9.10. The van der Waals surface area contributed by atoms with Gasteiger partial charge >= 0.3 is 0 Å². The van der Waals surface area contributed by atoms with Gasteiger partial charge < -0.3 is 14.8 Å². The van der Waals surface area contributed by atoms with Crippen molar-refractivity contribution in [3.05, 3.63) is 91.4 Å². The summed E-state index contributed by atoms with van der Waals surface area (Å²) in [5, 5.41) is 12.6. The van der Waals surface area contributed by atoms with E-state index in [1.807, 2.05) is 37.3 Å². The van der Waals surface area contributed by atoms with Crippen molar-refractivity contribution in [2.45, 2.75) is 13.5 Å². The maximum absolute atomic E-state index is 12.6. The van der Waals surface area contributed by atoms with E-state index in [0.717, 1.165) is 11.1 Å². The third-order valence-electron chi connectivity index (χ3n) is 4.76. The number of rotatable bonds is 7. The number of benzene rings is 3. The quantitative estimate of drug-likeness (QED) is 0.252. The van der Waals surface area contributed by atoms with Gasteiger partial charge in [-0.05, 0) is 69.9 Å². The maximum Gasteiger partial charge on any atom is 0.266 e. The second-order valence-electron chi connectivity index (χ2n) is 6.97. The van der Waals surface area contributed by atoms with Crippen molar-refractivity contribution in [2.24, 2.45) is 0 Å². The van der Waals surface area contributed by atoms with Crippen molar-refractivity contribution < 1.29 is 14.3 Å². The van der Waals surface area contributed by atoms with Gasteiger partial charge in [-0.15, -0.1) is 0 Å². The first-order valence-electron chi connectivity index (χ1n) is 9.76. The topological polar surface area (TPSA) is 71.3 Å². The van der Waals surface area contributed by atoms with Gasteiger partial charge in [0.1, 0.15) is 18.2 Å². The number of carbonyl (C=O) groups excluding carboxylic acids is 1. The molecule has 0 spiro atoms. The summed E-state index contributed by atoms with van der Waals surface area (Å²) in [6, 6.07) is 18.1. The second-order valence-corrected chi connectivity index (χ2v) is 8.61. The molecule has 0 fully saturated rings. The Kier molecular flexibility index (Phi) is 8.40. The summed E-state index contributed by atoms with van der Waals surface area (Å²) in [4.78, 5) is 12.6. The van der Waals surface area contributed by atoms with Crippen molar-refractivity contribution >= 4 is 56.8 Å². The van der Waals surface area contributed by atoms with Crippen LogP contribution >= 0.6 is 39.1 Å². The Balaban J connectivity index is 1.85. The number of anilines is 1. The number of nitriles is 1. The molecule has 0 saturated heterocycles. The fourth-order valence-corrected chi connectivity index (χ4v) is 3.91. The van der Waals surface area contributed by atoms with Crippen molar-refractivity contribution in [3.8, 4) is 17.6 Å². The summed E-state index contributed by atoms with van der Waals surface area (Å²) in [6.45, 7) is 2.38. The van der Waals surface area contributed by atoms with Gasteiger partial charge in [-0.3, -0.25) is 4.79 Å². The molecule has 0 bridgehead atoms. The highest BCUT2D eigenvalue weighted by atomic mass is 79.9. The Morgan fingerprint density at radius 1 is 1.18 bits per heavy atom. The molecule has 1 amide bonds. The predicted octanol–water partition coefficient (Wildman–Crippen LogP) is 7.20. The minimum absolute atomic E-state index is 0.117. The minimum atomic E-state index is -0.614. The molecule has 0 unspecified atom stereocenters. The molecule has 33 heavy (non-hydrogen) atoms. The molecule has 0 aliphatic rings. The lowest BCUT2D eigenvalue weighted by Crippen LogP contribution is -2.13. The fraction of sp³-hybridized carbons (Fsp3) is 0.120. The molecule has 3 aromatic rings. The second kappa shape index (κ2) is 11.2. The van der Waals surface area contributed by atoms with Gasteiger partial charge in [0, 0.05) is 0 Å². The first-order chi connectivity index (χ1) is 15.8. The Morgan fingerprint density at radius 2 is 1.94 bits per heavy atom. The number of aryl methyl sites for hydroxylation is 1. The van der Waals surface area contributed by atoms with E-state index < -0.39 is 5.91 Å². The van der Waals surface area contributed by atoms with Gasteiger partial charge in [-0.1, -0.05) is 53.5 Å². The van der Waals surface area contributed by atoms with Crippen molar-refractivity contribution in [1.29, 1.82) is 5.26 Å². The molecule has 0 aliphatic heterocycles. The minimum Gasteiger partial charge on any atom is -0.493 e. The summed E-state index contributed by atoms with van der Waals surface area (Å²) < 4.78 is 12.1. The highest BCUT2D eigenvalue weighted by Gasteiger charge is 2.16. The van der Waals surface area contributed by atoms with E-state index in [1.54, 1.807) is 30.3 Å². The lowest BCUT2D eigenvalue weighted by atomic mass is 10.1. The molecule has 0 saturated carbocycles. The monoisotopic (exact) mass is 544 g/mol. The maximum atomic E-state index is 12.6. The lowest BCUT2D eigenvalue weighted by molar-refractivity contribution is -0.112. The lowest BCUT2D eigenvalue weighted by Gasteiger charge is -2.15. The molecular weight excluding hydrogens is 527 g/mol. The van der Waals surface area contributed by atoms with E-state index in [1.165, 1.54) is 13.2 Å². The zero-order valence-corrected chi connectivity index (χ0v) is 20.9. The number of halogens is 3. The molecule has 1 N–H and O–H groups in total.